The van der Waals surface area contributed by atoms with Crippen LogP contribution in [0.3, 0.4) is 0 Å². The summed E-state index contributed by atoms with van der Waals surface area (Å²) in [6.45, 7) is 1.64. The molecule has 5 aliphatic carbocycles. The Labute approximate surface area is 161 Å². The number of hydrogen-bond donors (Lipinski definition) is 1. The van der Waals surface area contributed by atoms with E-state index < -0.39 is 0 Å². The van der Waals surface area contributed by atoms with Crippen molar-refractivity contribution in [1.82, 2.24) is 9.97 Å². The minimum absolute atomic E-state index is 0.388. The molecule has 0 radical (unpaired) electrons. The van der Waals surface area contributed by atoms with Crippen LogP contribution < -0.4 is 4.90 Å². The quantitative estimate of drug-likeness (QED) is 0.883. The van der Waals surface area contributed by atoms with E-state index in [2.05, 4.69) is 11.0 Å². The summed E-state index contributed by atoms with van der Waals surface area (Å²) in [4.78, 5) is 12.4. The van der Waals surface area contributed by atoms with Crippen LogP contribution in [-0.4, -0.2) is 46.0 Å². The third-order valence-corrected chi connectivity index (χ3v) is 8.23. The molecule has 146 valence electrons. The summed E-state index contributed by atoms with van der Waals surface area (Å²) in [5.41, 5.74) is 0.844. The fourth-order valence-electron chi connectivity index (χ4n) is 7.11. The maximum atomic E-state index is 11.0. The van der Waals surface area contributed by atoms with Gasteiger partial charge in [-0.05, 0) is 75.2 Å². The topological polar surface area (TPSA) is 58.5 Å². The second-order valence-corrected chi connectivity index (χ2v) is 10.0. The number of anilines is 1. The first-order chi connectivity index (χ1) is 13.2. The van der Waals surface area contributed by atoms with Crippen molar-refractivity contribution >= 4 is 5.95 Å². The molecule has 2 unspecified atom stereocenters. The van der Waals surface area contributed by atoms with Gasteiger partial charge in [0.05, 0.1) is 18.2 Å². The standard InChI is InChI=1S/C22H31N3O2/c26-22-10-14-8-16(11-22)20(17(9-14)12-22)25(18-5-7-27-13-18)21-23-6-4-19(24-21)15-2-1-3-15/h4,6,14-18,20,26H,1-3,5,7-13H2/t14?,16?,17?,18-,20?,22?/m0/s1. The minimum atomic E-state index is -0.389. The normalized spacial score (nSPS) is 43.1. The van der Waals surface area contributed by atoms with Gasteiger partial charge in [0, 0.05) is 30.5 Å². The lowest BCUT2D eigenvalue weighted by molar-refractivity contribution is -0.134. The van der Waals surface area contributed by atoms with Gasteiger partial charge < -0.3 is 14.7 Å². The predicted molar refractivity (Wildman–Crippen MR) is 103 cm³/mol. The Bertz CT molecular complexity index is 699. The van der Waals surface area contributed by atoms with Gasteiger partial charge in [0.25, 0.3) is 0 Å². The molecule has 27 heavy (non-hydrogen) atoms. The number of aromatic nitrogens is 2. The molecule has 0 spiro atoms. The summed E-state index contributed by atoms with van der Waals surface area (Å²) in [5.74, 6) is 3.45. The molecule has 1 aromatic heterocycles. The summed E-state index contributed by atoms with van der Waals surface area (Å²) in [5, 5.41) is 11.0. The van der Waals surface area contributed by atoms with Crippen molar-refractivity contribution in [2.24, 2.45) is 17.8 Å². The Balaban J connectivity index is 1.37. The number of rotatable bonds is 4. The molecule has 6 fully saturated rings. The fourth-order valence-corrected chi connectivity index (χ4v) is 7.11. The lowest BCUT2D eigenvalue weighted by Crippen LogP contribution is -2.64. The van der Waals surface area contributed by atoms with Crippen LogP contribution in [0, 0.1) is 17.8 Å². The summed E-state index contributed by atoms with van der Waals surface area (Å²) >= 11 is 0. The number of aliphatic hydroxyl groups is 1. The third kappa shape index (κ3) is 2.72. The number of nitrogens with zero attached hydrogens (tertiary/aromatic N) is 3. The molecule has 0 aromatic carbocycles. The lowest BCUT2D eigenvalue weighted by Gasteiger charge is -2.60. The second kappa shape index (κ2) is 6.15. The van der Waals surface area contributed by atoms with Crippen molar-refractivity contribution < 1.29 is 9.84 Å². The average molecular weight is 370 g/mol. The molecule has 5 saturated carbocycles. The van der Waals surface area contributed by atoms with E-state index in [9.17, 15) is 5.11 Å². The maximum absolute atomic E-state index is 11.0. The van der Waals surface area contributed by atoms with Crippen LogP contribution >= 0.6 is 0 Å². The van der Waals surface area contributed by atoms with Gasteiger partial charge in [0.15, 0.2) is 0 Å². The van der Waals surface area contributed by atoms with Crippen LogP contribution in [0.2, 0.25) is 0 Å². The van der Waals surface area contributed by atoms with Gasteiger partial charge in [-0.1, -0.05) is 6.42 Å². The Morgan fingerprint density at radius 3 is 2.56 bits per heavy atom. The number of hydrogen-bond acceptors (Lipinski definition) is 5. The smallest absolute Gasteiger partial charge is 0.226 e. The molecule has 1 aliphatic heterocycles. The average Bonchev–Trinajstić information content (AvgIpc) is 3.09. The second-order valence-electron chi connectivity index (χ2n) is 10.0. The molecule has 1 N–H and O–H groups in total. The largest absolute Gasteiger partial charge is 0.390 e. The molecule has 2 heterocycles. The van der Waals surface area contributed by atoms with E-state index in [0.29, 0.717) is 29.8 Å². The molecule has 5 heteroatoms. The Hall–Kier alpha value is -1.20. The first-order valence-corrected chi connectivity index (χ1v) is 11.1. The van der Waals surface area contributed by atoms with Crippen molar-refractivity contribution in [1.29, 1.82) is 0 Å². The molecule has 4 bridgehead atoms. The maximum Gasteiger partial charge on any atom is 0.226 e. The van der Waals surface area contributed by atoms with Crippen molar-refractivity contribution in [2.75, 3.05) is 18.1 Å². The molecule has 1 saturated heterocycles. The zero-order valence-electron chi connectivity index (χ0n) is 16.1. The monoisotopic (exact) mass is 369 g/mol. The Morgan fingerprint density at radius 1 is 1.11 bits per heavy atom. The molecule has 3 atom stereocenters. The van der Waals surface area contributed by atoms with Gasteiger partial charge >= 0.3 is 0 Å². The van der Waals surface area contributed by atoms with Crippen molar-refractivity contribution in [3.8, 4) is 0 Å². The van der Waals surface area contributed by atoms with Crippen LogP contribution in [0.5, 0.6) is 0 Å². The van der Waals surface area contributed by atoms with Crippen molar-refractivity contribution in [3.63, 3.8) is 0 Å². The highest BCUT2D eigenvalue weighted by Crippen LogP contribution is 2.57. The summed E-state index contributed by atoms with van der Waals surface area (Å²) in [6.07, 6.45) is 12.4. The van der Waals surface area contributed by atoms with E-state index >= 15 is 0 Å². The molecular formula is C22H31N3O2. The zero-order valence-corrected chi connectivity index (χ0v) is 16.1. The summed E-state index contributed by atoms with van der Waals surface area (Å²) < 4.78 is 5.79. The van der Waals surface area contributed by atoms with Crippen LogP contribution in [0.1, 0.15) is 69.4 Å². The lowest BCUT2D eigenvalue weighted by atomic mass is 9.52. The van der Waals surface area contributed by atoms with Gasteiger partial charge in [-0.25, -0.2) is 9.97 Å². The first kappa shape index (κ1) is 16.7. The van der Waals surface area contributed by atoms with Crippen LogP contribution in [0.4, 0.5) is 5.95 Å². The van der Waals surface area contributed by atoms with Crippen LogP contribution in [-0.2, 0) is 4.74 Å². The first-order valence-electron chi connectivity index (χ1n) is 11.1. The Morgan fingerprint density at radius 2 is 1.93 bits per heavy atom. The van der Waals surface area contributed by atoms with Gasteiger partial charge in [-0.15, -0.1) is 0 Å². The predicted octanol–water partition coefficient (Wildman–Crippen LogP) is 3.28. The van der Waals surface area contributed by atoms with E-state index in [1.807, 2.05) is 6.20 Å². The van der Waals surface area contributed by atoms with Crippen molar-refractivity contribution in [3.05, 3.63) is 18.0 Å². The highest BCUT2D eigenvalue weighted by molar-refractivity contribution is 5.38. The van der Waals surface area contributed by atoms with E-state index in [1.54, 1.807) is 0 Å². The SMILES string of the molecule is OC12CC3CC(C1)C(N(c1nccc(C4CCC4)n1)[C@H]1CCOC1)C(C3)C2. The highest BCUT2D eigenvalue weighted by Gasteiger charge is 2.57. The van der Waals surface area contributed by atoms with Crippen LogP contribution in [0.15, 0.2) is 12.3 Å². The summed E-state index contributed by atoms with van der Waals surface area (Å²) in [6, 6.07) is 2.99. The van der Waals surface area contributed by atoms with Crippen molar-refractivity contribution in [2.45, 2.75) is 81.4 Å². The van der Waals surface area contributed by atoms with E-state index in [0.717, 1.165) is 50.8 Å². The minimum Gasteiger partial charge on any atom is -0.390 e. The summed E-state index contributed by atoms with van der Waals surface area (Å²) in [7, 11) is 0. The Kier molecular flexibility index (Phi) is 3.81. The molecule has 0 amide bonds. The van der Waals surface area contributed by atoms with Gasteiger partial charge in [0.2, 0.25) is 5.95 Å². The molecule has 6 aliphatic rings. The van der Waals surface area contributed by atoms with E-state index in [-0.39, 0.29) is 5.60 Å². The van der Waals surface area contributed by atoms with Gasteiger partial charge in [-0.3, -0.25) is 0 Å². The van der Waals surface area contributed by atoms with Gasteiger partial charge in [-0.2, -0.15) is 0 Å². The fraction of sp³-hybridized carbons (Fsp3) is 0.818. The zero-order chi connectivity index (χ0) is 18.0. The third-order valence-electron chi connectivity index (χ3n) is 8.23. The highest BCUT2D eigenvalue weighted by atomic mass is 16.5. The van der Waals surface area contributed by atoms with Crippen LogP contribution in [0.25, 0.3) is 0 Å². The van der Waals surface area contributed by atoms with E-state index in [1.165, 1.54) is 37.8 Å². The van der Waals surface area contributed by atoms with E-state index in [4.69, 9.17) is 14.7 Å². The molecule has 5 nitrogen and oxygen atoms in total. The molecular weight excluding hydrogens is 338 g/mol. The molecule has 1 aromatic rings. The van der Waals surface area contributed by atoms with Gasteiger partial charge in [0.1, 0.15) is 0 Å². The molecule has 7 rings (SSSR count). The number of ether oxygens (including phenoxy) is 1.